The summed E-state index contributed by atoms with van der Waals surface area (Å²) in [4.78, 5) is 27.6. The van der Waals surface area contributed by atoms with Crippen molar-refractivity contribution in [3.05, 3.63) is 59.7 Å². The molecule has 0 aromatic heterocycles. The highest BCUT2D eigenvalue weighted by Crippen LogP contribution is 2.28. The van der Waals surface area contributed by atoms with E-state index in [9.17, 15) is 9.59 Å². The zero-order valence-corrected chi connectivity index (χ0v) is 15.4. The van der Waals surface area contributed by atoms with Crippen molar-refractivity contribution in [2.75, 3.05) is 18.6 Å². The monoisotopic (exact) mass is 352 g/mol. The highest BCUT2D eigenvalue weighted by molar-refractivity contribution is 6.03. The molecule has 1 atom stereocenters. The van der Waals surface area contributed by atoms with Crippen LogP contribution in [-0.4, -0.2) is 31.5 Å². The van der Waals surface area contributed by atoms with Crippen LogP contribution in [0.5, 0.6) is 5.75 Å². The molecule has 0 aliphatic carbocycles. The minimum atomic E-state index is -0.583. The van der Waals surface area contributed by atoms with Crippen molar-refractivity contribution < 1.29 is 14.3 Å². The predicted octanol–water partition coefficient (Wildman–Crippen LogP) is 3.04. The van der Waals surface area contributed by atoms with Crippen LogP contribution in [0.15, 0.2) is 48.5 Å². The maximum atomic E-state index is 13.1. The molecule has 3 rings (SSSR count). The van der Waals surface area contributed by atoms with Gasteiger partial charge in [-0.15, -0.1) is 0 Å². The molecule has 2 amide bonds. The Bertz CT molecular complexity index is 816. The van der Waals surface area contributed by atoms with Gasteiger partial charge >= 0.3 is 0 Å². The molecule has 0 radical (unpaired) electrons. The zero-order valence-electron chi connectivity index (χ0n) is 15.4. The number of ether oxygens (including phenoxy) is 1. The molecule has 1 aliphatic rings. The van der Waals surface area contributed by atoms with Crippen LogP contribution in [0.25, 0.3) is 0 Å². The van der Waals surface area contributed by atoms with E-state index in [1.165, 1.54) is 5.56 Å². The first-order valence-corrected chi connectivity index (χ1v) is 8.85. The first-order valence-electron chi connectivity index (χ1n) is 8.85. The lowest BCUT2D eigenvalue weighted by atomic mass is 10.0. The number of carbonyl (C=O) groups is 2. The molecule has 5 heteroatoms. The van der Waals surface area contributed by atoms with E-state index in [0.29, 0.717) is 17.9 Å². The first-order chi connectivity index (χ1) is 12.5. The van der Waals surface area contributed by atoms with Crippen molar-refractivity contribution in [2.45, 2.75) is 26.3 Å². The molecule has 0 bridgehead atoms. The molecule has 0 saturated carbocycles. The van der Waals surface area contributed by atoms with Crippen LogP contribution in [0.3, 0.4) is 0 Å². The minimum Gasteiger partial charge on any atom is -0.497 e. The van der Waals surface area contributed by atoms with Crippen molar-refractivity contribution in [1.82, 2.24) is 5.32 Å². The molecule has 5 nitrogen and oxygen atoms in total. The number of para-hydroxylation sites is 1. The highest BCUT2D eigenvalue weighted by atomic mass is 16.5. The van der Waals surface area contributed by atoms with Crippen molar-refractivity contribution >= 4 is 17.5 Å². The summed E-state index contributed by atoms with van der Waals surface area (Å²) in [7, 11) is 1.56. The third-order valence-corrected chi connectivity index (χ3v) is 4.70. The van der Waals surface area contributed by atoms with Gasteiger partial charge in [-0.1, -0.05) is 38.1 Å². The Morgan fingerprint density at radius 1 is 1.12 bits per heavy atom. The summed E-state index contributed by atoms with van der Waals surface area (Å²) in [6.45, 7) is 4.53. The normalized spacial score (nSPS) is 14.1. The number of nitrogens with zero attached hydrogens (tertiary/aromatic N) is 1. The van der Waals surface area contributed by atoms with Crippen molar-refractivity contribution in [3.63, 3.8) is 0 Å². The number of benzene rings is 2. The molecule has 1 N–H and O–H groups in total. The Morgan fingerprint density at radius 2 is 1.88 bits per heavy atom. The summed E-state index contributed by atoms with van der Waals surface area (Å²) in [5.74, 6) is 0.244. The molecule has 1 aliphatic heterocycles. The maximum Gasteiger partial charge on any atom is 0.252 e. The summed E-state index contributed by atoms with van der Waals surface area (Å²) >= 11 is 0. The quantitative estimate of drug-likeness (QED) is 0.900. The summed E-state index contributed by atoms with van der Waals surface area (Å²) in [6, 6.07) is 14.3. The fourth-order valence-electron chi connectivity index (χ4n) is 3.24. The fourth-order valence-corrected chi connectivity index (χ4v) is 3.24. The molecule has 0 saturated heterocycles. The molecular formula is C21H24N2O3. The van der Waals surface area contributed by atoms with Gasteiger partial charge in [0.1, 0.15) is 11.8 Å². The molecule has 1 heterocycles. The minimum absolute atomic E-state index is 0.0233. The van der Waals surface area contributed by atoms with E-state index in [0.717, 1.165) is 12.1 Å². The number of nitrogens with one attached hydrogen (secondary N) is 1. The summed E-state index contributed by atoms with van der Waals surface area (Å²) < 4.78 is 5.17. The fraction of sp³-hybridized carbons (Fsp3) is 0.333. The van der Waals surface area contributed by atoms with Crippen LogP contribution >= 0.6 is 0 Å². The second-order valence-electron chi connectivity index (χ2n) is 6.80. The van der Waals surface area contributed by atoms with E-state index in [2.05, 4.69) is 5.32 Å². The molecule has 0 fully saturated rings. The van der Waals surface area contributed by atoms with Gasteiger partial charge in [-0.25, -0.2) is 0 Å². The summed E-state index contributed by atoms with van der Waals surface area (Å²) in [5.41, 5.74) is 2.59. The van der Waals surface area contributed by atoms with Gasteiger partial charge in [-0.2, -0.15) is 0 Å². The molecule has 0 unspecified atom stereocenters. The number of fused-ring (bicyclic) bond motifs is 1. The second kappa shape index (κ2) is 7.60. The van der Waals surface area contributed by atoms with Crippen LogP contribution < -0.4 is 15.0 Å². The van der Waals surface area contributed by atoms with Gasteiger partial charge in [-0.05, 0) is 42.2 Å². The van der Waals surface area contributed by atoms with E-state index in [1.807, 2.05) is 38.1 Å². The van der Waals surface area contributed by atoms with Gasteiger partial charge in [0.25, 0.3) is 5.91 Å². The average molecular weight is 352 g/mol. The number of hydrogen-bond acceptors (Lipinski definition) is 3. The lowest BCUT2D eigenvalue weighted by molar-refractivity contribution is -0.121. The molecule has 26 heavy (non-hydrogen) atoms. The predicted molar refractivity (Wildman–Crippen MR) is 102 cm³/mol. The highest BCUT2D eigenvalue weighted by Gasteiger charge is 2.32. The number of hydrogen-bond donors (Lipinski definition) is 1. The smallest absolute Gasteiger partial charge is 0.252 e. The van der Waals surface area contributed by atoms with Crippen molar-refractivity contribution in [3.8, 4) is 5.75 Å². The molecule has 0 spiro atoms. The van der Waals surface area contributed by atoms with E-state index >= 15 is 0 Å². The zero-order chi connectivity index (χ0) is 18.7. The van der Waals surface area contributed by atoms with Gasteiger partial charge in [0.2, 0.25) is 5.91 Å². The number of amides is 2. The SMILES string of the molecule is COc1cccc(C(=O)N[C@@H](C(=O)N2CCc3ccccc32)C(C)C)c1. The van der Waals surface area contributed by atoms with Crippen LogP contribution in [0, 0.1) is 5.92 Å². The molecule has 2 aromatic carbocycles. The average Bonchev–Trinajstić information content (AvgIpc) is 3.09. The molecule has 136 valence electrons. The Hall–Kier alpha value is -2.82. The van der Waals surface area contributed by atoms with Crippen LogP contribution in [0.2, 0.25) is 0 Å². The lowest BCUT2D eigenvalue weighted by Crippen LogP contribution is -2.51. The van der Waals surface area contributed by atoms with Crippen LogP contribution in [0.4, 0.5) is 5.69 Å². The largest absolute Gasteiger partial charge is 0.497 e. The van der Waals surface area contributed by atoms with Gasteiger partial charge in [0.05, 0.1) is 7.11 Å². The molecular weight excluding hydrogens is 328 g/mol. The number of anilines is 1. The van der Waals surface area contributed by atoms with E-state index in [4.69, 9.17) is 4.74 Å². The number of methoxy groups -OCH3 is 1. The number of rotatable bonds is 5. The van der Waals surface area contributed by atoms with E-state index in [1.54, 1.807) is 36.3 Å². The van der Waals surface area contributed by atoms with E-state index in [-0.39, 0.29) is 17.7 Å². The van der Waals surface area contributed by atoms with Crippen molar-refractivity contribution in [2.24, 2.45) is 5.92 Å². The van der Waals surface area contributed by atoms with Gasteiger partial charge < -0.3 is 15.0 Å². The maximum absolute atomic E-state index is 13.1. The summed E-state index contributed by atoms with van der Waals surface area (Å²) in [5, 5.41) is 2.91. The second-order valence-corrected chi connectivity index (χ2v) is 6.80. The summed E-state index contributed by atoms with van der Waals surface area (Å²) in [6.07, 6.45) is 0.844. The van der Waals surface area contributed by atoms with Crippen molar-refractivity contribution in [1.29, 1.82) is 0 Å². The third kappa shape index (κ3) is 3.57. The van der Waals surface area contributed by atoms with Gasteiger partial charge in [0, 0.05) is 17.8 Å². The Balaban J connectivity index is 1.79. The van der Waals surface area contributed by atoms with Gasteiger partial charge in [0.15, 0.2) is 0 Å². The molecule has 2 aromatic rings. The lowest BCUT2D eigenvalue weighted by Gasteiger charge is -2.27. The Kier molecular flexibility index (Phi) is 5.26. The Labute approximate surface area is 154 Å². The topological polar surface area (TPSA) is 58.6 Å². The van der Waals surface area contributed by atoms with Crippen LogP contribution in [-0.2, 0) is 11.2 Å². The van der Waals surface area contributed by atoms with E-state index < -0.39 is 6.04 Å². The van der Waals surface area contributed by atoms with Gasteiger partial charge in [-0.3, -0.25) is 9.59 Å². The van der Waals surface area contributed by atoms with Crippen LogP contribution in [0.1, 0.15) is 29.8 Å². The standard InChI is InChI=1S/C21H24N2O3/c1-14(2)19(22-20(24)16-8-6-9-17(13-16)26-3)21(25)23-12-11-15-7-4-5-10-18(15)23/h4-10,13-14,19H,11-12H2,1-3H3,(H,22,24)/t19-/m1/s1. The third-order valence-electron chi connectivity index (χ3n) is 4.70. The Morgan fingerprint density at radius 3 is 2.62 bits per heavy atom. The first kappa shape index (κ1) is 18.0. The number of carbonyl (C=O) groups excluding carboxylic acids is 2.